The van der Waals surface area contributed by atoms with Crippen LogP contribution in [-0.2, 0) is 6.42 Å². The summed E-state index contributed by atoms with van der Waals surface area (Å²) in [6.45, 7) is 0.263. The first kappa shape index (κ1) is 6.71. The van der Waals surface area contributed by atoms with Gasteiger partial charge in [0.25, 0.3) is 0 Å². The highest BCUT2D eigenvalue weighted by Gasteiger charge is 1.91. The fourth-order valence-electron chi connectivity index (χ4n) is 0.607. The molecule has 0 fully saturated rings. The molecule has 0 aliphatic heterocycles. The summed E-state index contributed by atoms with van der Waals surface area (Å²) in [5.41, 5.74) is 0. The summed E-state index contributed by atoms with van der Waals surface area (Å²) in [5.74, 6) is 0. The smallest absolute Gasteiger partial charge is 0.0925 e. The third-order valence-corrected chi connectivity index (χ3v) is 1.87. The number of aryl methyl sites for hydroxylation is 1. The van der Waals surface area contributed by atoms with Gasteiger partial charge in [-0.05, 0) is 6.42 Å². The van der Waals surface area contributed by atoms with Gasteiger partial charge in [0.2, 0.25) is 0 Å². The standard InChI is InChI=1S/C6H9NOS/c8-4-1-2-6-7-3-5-9-6/h3,5,8H,1-2,4H2. The zero-order valence-corrected chi connectivity index (χ0v) is 5.90. The van der Waals surface area contributed by atoms with Crippen LogP contribution < -0.4 is 0 Å². The number of hydrogen-bond donors (Lipinski definition) is 1. The van der Waals surface area contributed by atoms with E-state index >= 15 is 0 Å². The molecule has 1 aromatic rings. The first-order chi connectivity index (χ1) is 4.43. The molecule has 1 N–H and O–H groups in total. The minimum atomic E-state index is 0.263. The van der Waals surface area contributed by atoms with Crippen molar-refractivity contribution in [2.45, 2.75) is 12.8 Å². The molecular formula is C6H9NOS. The van der Waals surface area contributed by atoms with E-state index in [9.17, 15) is 0 Å². The van der Waals surface area contributed by atoms with Crippen molar-refractivity contribution < 1.29 is 5.11 Å². The lowest BCUT2D eigenvalue weighted by atomic mass is 10.3. The van der Waals surface area contributed by atoms with Crippen LogP contribution in [-0.4, -0.2) is 16.7 Å². The number of aromatic nitrogens is 1. The maximum Gasteiger partial charge on any atom is 0.0925 e. The number of nitrogens with zero attached hydrogens (tertiary/aromatic N) is 1. The van der Waals surface area contributed by atoms with Gasteiger partial charge in [0.1, 0.15) is 0 Å². The van der Waals surface area contributed by atoms with Crippen molar-refractivity contribution in [3.8, 4) is 0 Å². The minimum Gasteiger partial charge on any atom is -0.396 e. The van der Waals surface area contributed by atoms with Gasteiger partial charge in [0.05, 0.1) is 5.01 Å². The van der Waals surface area contributed by atoms with E-state index in [4.69, 9.17) is 5.11 Å². The average molecular weight is 143 g/mol. The summed E-state index contributed by atoms with van der Waals surface area (Å²) in [4.78, 5) is 4.06. The fourth-order valence-corrected chi connectivity index (χ4v) is 1.27. The molecule has 9 heavy (non-hydrogen) atoms. The van der Waals surface area contributed by atoms with Gasteiger partial charge in [0.15, 0.2) is 0 Å². The first-order valence-electron chi connectivity index (χ1n) is 2.92. The molecule has 0 bridgehead atoms. The second-order valence-electron chi connectivity index (χ2n) is 1.75. The number of aliphatic hydroxyl groups excluding tert-OH is 1. The number of thiazole rings is 1. The van der Waals surface area contributed by atoms with Crippen LogP contribution in [0.25, 0.3) is 0 Å². The molecule has 0 saturated carbocycles. The van der Waals surface area contributed by atoms with Crippen molar-refractivity contribution in [2.75, 3.05) is 6.61 Å². The summed E-state index contributed by atoms with van der Waals surface area (Å²) >= 11 is 1.64. The molecule has 0 aliphatic carbocycles. The quantitative estimate of drug-likeness (QED) is 0.686. The van der Waals surface area contributed by atoms with E-state index in [1.54, 1.807) is 17.5 Å². The van der Waals surface area contributed by atoms with E-state index in [0.717, 1.165) is 17.8 Å². The lowest BCUT2D eigenvalue weighted by Crippen LogP contribution is -1.86. The third-order valence-electron chi connectivity index (χ3n) is 1.03. The zero-order valence-electron chi connectivity index (χ0n) is 5.08. The molecule has 50 valence electrons. The number of rotatable bonds is 3. The van der Waals surface area contributed by atoms with E-state index in [0.29, 0.717) is 0 Å². The van der Waals surface area contributed by atoms with Crippen molar-refractivity contribution in [2.24, 2.45) is 0 Å². The third kappa shape index (κ3) is 2.11. The Balaban J connectivity index is 2.30. The van der Waals surface area contributed by atoms with Crippen LogP contribution in [0.1, 0.15) is 11.4 Å². The Kier molecular flexibility index (Phi) is 2.67. The van der Waals surface area contributed by atoms with Crippen LogP contribution >= 0.6 is 11.3 Å². The van der Waals surface area contributed by atoms with E-state index in [-0.39, 0.29) is 6.61 Å². The molecule has 0 radical (unpaired) electrons. The maximum atomic E-state index is 8.44. The topological polar surface area (TPSA) is 33.1 Å². The molecule has 0 aliphatic rings. The van der Waals surface area contributed by atoms with Crippen molar-refractivity contribution >= 4 is 11.3 Å². The van der Waals surface area contributed by atoms with Crippen LogP contribution in [0.2, 0.25) is 0 Å². The Labute approximate surface area is 58.2 Å². The van der Waals surface area contributed by atoms with Crippen LogP contribution in [0.5, 0.6) is 0 Å². The normalized spacial score (nSPS) is 9.89. The maximum absolute atomic E-state index is 8.44. The summed E-state index contributed by atoms with van der Waals surface area (Å²) in [7, 11) is 0. The largest absolute Gasteiger partial charge is 0.396 e. The Morgan fingerprint density at radius 1 is 1.67 bits per heavy atom. The molecule has 2 nitrogen and oxygen atoms in total. The molecule has 0 amide bonds. The van der Waals surface area contributed by atoms with Crippen LogP contribution in [0, 0.1) is 0 Å². The Bertz CT molecular complexity index is 150. The van der Waals surface area contributed by atoms with Crippen LogP contribution in [0.3, 0.4) is 0 Å². The molecule has 0 atom stereocenters. The zero-order chi connectivity index (χ0) is 6.53. The van der Waals surface area contributed by atoms with Gasteiger partial charge < -0.3 is 5.11 Å². The lowest BCUT2D eigenvalue weighted by Gasteiger charge is -1.88. The highest BCUT2D eigenvalue weighted by molar-refractivity contribution is 7.09. The second kappa shape index (κ2) is 3.58. The molecule has 0 saturated heterocycles. The molecule has 3 heteroatoms. The summed E-state index contributed by atoms with van der Waals surface area (Å²) in [6, 6.07) is 0. The monoisotopic (exact) mass is 143 g/mol. The predicted octanol–water partition coefficient (Wildman–Crippen LogP) is 1.07. The van der Waals surface area contributed by atoms with Gasteiger partial charge >= 0.3 is 0 Å². The van der Waals surface area contributed by atoms with Gasteiger partial charge in [-0.25, -0.2) is 4.98 Å². The average Bonchev–Trinajstić information content (AvgIpc) is 2.34. The van der Waals surface area contributed by atoms with E-state index in [1.165, 1.54) is 0 Å². The highest BCUT2D eigenvalue weighted by Crippen LogP contribution is 2.05. The van der Waals surface area contributed by atoms with E-state index in [1.807, 2.05) is 5.38 Å². The fraction of sp³-hybridized carbons (Fsp3) is 0.500. The van der Waals surface area contributed by atoms with E-state index < -0.39 is 0 Å². The van der Waals surface area contributed by atoms with Crippen molar-refractivity contribution in [3.05, 3.63) is 16.6 Å². The summed E-state index contributed by atoms with van der Waals surface area (Å²) in [6.07, 6.45) is 3.53. The molecular weight excluding hydrogens is 134 g/mol. The Morgan fingerprint density at radius 3 is 3.11 bits per heavy atom. The summed E-state index contributed by atoms with van der Waals surface area (Å²) < 4.78 is 0. The molecule has 0 spiro atoms. The first-order valence-corrected chi connectivity index (χ1v) is 3.80. The van der Waals surface area contributed by atoms with Gasteiger partial charge in [-0.1, -0.05) is 0 Å². The number of aliphatic hydroxyl groups is 1. The SMILES string of the molecule is OCCCc1nccs1. The molecule has 1 rings (SSSR count). The van der Waals surface area contributed by atoms with Gasteiger partial charge in [0, 0.05) is 24.6 Å². The molecule has 0 aromatic carbocycles. The van der Waals surface area contributed by atoms with Gasteiger partial charge in [-0.2, -0.15) is 0 Å². The van der Waals surface area contributed by atoms with Crippen LogP contribution in [0.15, 0.2) is 11.6 Å². The van der Waals surface area contributed by atoms with Crippen molar-refractivity contribution in [1.82, 2.24) is 4.98 Å². The lowest BCUT2D eigenvalue weighted by molar-refractivity contribution is 0.288. The van der Waals surface area contributed by atoms with Crippen molar-refractivity contribution in [1.29, 1.82) is 0 Å². The molecule has 0 unspecified atom stereocenters. The second-order valence-corrected chi connectivity index (χ2v) is 2.73. The minimum absolute atomic E-state index is 0.263. The van der Waals surface area contributed by atoms with Crippen molar-refractivity contribution in [3.63, 3.8) is 0 Å². The van der Waals surface area contributed by atoms with Gasteiger partial charge in [-0.15, -0.1) is 11.3 Å². The Hall–Kier alpha value is -0.410. The Morgan fingerprint density at radius 2 is 2.56 bits per heavy atom. The highest BCUT2D eigenvalue weighted by atomic mass is 32.1. The molecule has 1 aromatic heterocycles. The van der Waals surface area contributed by atoms with Crippen LogP contribution in [0.4, 0.5) is 0 Å². The molecule has 1 heterocycles. The van der Waals surface area contributed by atoms with Gasteiger partial charge in [-0.3, -0.25) is 0 Å². The summed E-state index contributed by atoms with van der Waals surface area (Å²) in [5, 5.41) is 11.5. The predicted molar refractivity (Wildman–Crippen MR) is 37.5 cm³/mol. The van der Waals surface area contributed by atoms with E-state index in [2.05, 4.69) is 4.98 Å². The number of hydrogen-bond acceptors (Lipinski definition) is 3.